The third-order valence-corrected chi connectivity index (χ3v) is 4.79. The lowest BCUT2D eigenvalue weighted by Gasteiger charge is -2.08. The highest BCUT2D eigenvalue weighted by molar-refractivity contribution is 6.07. The molecule has 0 unspecified atom stereocenters. The average Bonchev–Trinajstić information content (AvgIpc) is 3.27. The zero-order valence-corrected chi connectivity index (χ0v) is 15.6. The number of para-hydroxylation sites is 1. The average molecular weight is 361 g/mol. The van der Waals surface area contributed by atoms with Crippen LogP contribution in [0.15, 0.2) is 54.9 Å². The molecule has 4 aromatic rings. The van der Waals surface area contributed by atoms with E-state index in [0.29, 0.717) is 12.6 Å². The minimum atomic E-state index is -0.0308. The number of fused-ring (bicyclic) bond motifs is 2. The van der Waals surface area contributed by atoms with Crippen LogP contribution in [-0.2, 0) is 6.42 Å². The smallest absolute Gasteiger partial charge is 0.253 e. The van der Waals surface area contributed by atoms with E-state index in [2.05, 4.69) is 40.0 Å². The maximum atomic E-state index is 12.7. The molecule has 0 atom stereocenters. The second kappa shape index (κ2) is 7.23. The van der Waals surface area contributed by atoms with Crippen molar-refractivity contribution in [1.82, 2.24) is 24.5 Å². The fraction of sp³-hybridized carbons (Fsp3) is 0.286. The van der Waals surface area contributed by atoms with Crippen LogP contribution in [0.4, 0.5) is 0 Å². The van der Waals surface area contributed by atoms with Crippen LogP contribution >= 0.6 is 0 Å². The lowest BCUT2D eigenvalue weighted by atomic mass is 10.1. The highest BCUT2D eigenvalue weighted by Crippen LogP contribution is 2.24. The van der Waals surface area contributed by atoms with Gasteiger partial charge in [0.15, 0.2) is 5.65 Å². The Morgan fingerprint density at radius 2 is 1.93 bits per heavy atom. The summed E-state index contributed by atoms with van der Waals surface area (Å²) < 4.78 is 4.13. The van der Waals surface area contributed by atoms with Crippen molar-refractivity contribution in [2.75, 3.05) is 6.54 Å². The van der Waals surface area contributed by atoms with Crippen molar-refractivity contribution in [2.24, 2.45) is 0 Å². The Labute approximate surface area is 157 Å². The van der Waals surface area contributed by atoms with Gasteiger partial charge < -0.3 is 9.88 Å². The van der Waals surface area contributed by atoms with Crippen LogP contribution in [0, 0.1) is 0 Å². The summed E-state index contributed by atoms with van der Waals surface area (Å²) in [5.41, 5.74) is 2.66. The molecule has 3 aromatic heterocycles. The molecule has 0 aliphatic rings. The summed E-state index contributed by atoms with van der Waals surface area (Å²) in [7, 11) is 0. The topological polar surface area (TPSA) is 64.2 Å². The molecule has 1 amide bonds. The maximum Gasteiger partial charge on any atom is 0.253 e. The van der Waals surface area contributed by atoms with Crippen molar-refractivity contribution < 1.29 is 4.79 Å². The Hall–Kier alpha value is -3.15. The van der Waals surface area contributed by atoms with Crippen molar-refractivity contribution in [1.29, 1.82) is 0 Å². The molecule has 3 heterocycles. The highest BCUT2D eigenvalue weighted by atomic mass is 16.1. The molecule has 1 aromatic carbocycles. The number of rotatable bonds is 6. The number of aryl methyl sites for hydroxylation is 1. The van der Waals surface area contributed by atoms with Gasteiger partial charge >= 0.3 is 0 Å². The number of nitrogens with zero attached hydrogens (tertiary/aromatic N) is 4. The third-order valence-electron chi connectivity index (χ3n) is 4.79. The Kier molecular flexibility index (Phi) is 4.62. The quantitative estimate of drug-likeness (QED) is 0.534. The molecule has 27 heavy (non-hydrogen) atoms. The summed E-state index contributed by atoms with van der Waals surface area (Å²) in [6, 6.07) is 14.2. The van der Waals surface area contributed by atoms with E-state index in [1.54, 1.807) is 0 Å². The number of carbonyl (C=O) groups is 1. The van der Waals surface area contributed by atoms with E-state index in [4.69, 9.17) is 0 Å². The lowest BCUT2D eigenvalue weighted by Crippen LogP contribution is -2.24. The molecule has 0 aliphatic carbocycles. The maximum absolute atomic E-state index is 12.7. The molecular weight excluding hydrogens is 338 g/mol. The van der Waals surface area contributed by atoms with Gasteiger partial charge in [-0.25, -0.2) is 0 Å². The van der Waals surface area contributed by atoms with Crippen LogP contribution in [-0.4, -0.2) is 31.6 Å². The molecule has 4 rings (SSSR count). The largest absolute Gasteiger partial charge is 0.352 e. The van der Waals surface area contributed by atoms with Gasteiger partial charge in [0.1, 0.15) is 5.82 Å². The van der Waals surface area contributed by atoms with Gasteiger partial charge in [-0.1, -0.05) is 24.3 Å². The summed E-state index contributed by atoms with van der Waals surface area (Å²) in [5, 5.41) is 12.4. The zero-order chi connectivity index (χ0) is 18.8. The predicted octanol–water partition coefficient (Wildman–Crippen LogP) is 3.63. The van der Waals surface area contributed by atoms with E-state index in [1.165, 1.54) is 0 Å². The molecule has 0 saturated carbocycles. The monoisotopic (exact) mass is 361 g/mol. The number of nitrogens with one attached hydrogen (secondary N) is 1. The number of hydrogen-bond acceptors (Lipinski definition) is 3. The summed E-state index contributed by atoms with van der Waals surface area (Å²) in [6.45, 7) is 4.84. The molecule has 6 nitrogen and oxygen atoms in total. The van der Waals surface area contributed by atoms with E-state index in [0.717, 1.165) is 40.8 Å². The summed E-state index contributed by atoms with van der Waals surface area (Å²) in [4.78, 5) is 12.7. The molecular formula is C21H23N5O. The first-order chi connectivity index (χ1) is 13.1. The summed E-state index contributed by atoms with van der Waals surface area (Å²) >= 11 is 0. The molecule has 0 aliphatic heterocycles. The van der Waals surface area contributed by atoms with Gasteiger partial charge in [0, 0.05) is 42.3 Å². The van der Waals surface area contributed by atoms with Gasteiger partial charge in [0.05, 0.1) is 5.56 Å². The minimum absolute atomic E-state index is 0.0308. The van der Waals surface area contributed by atoms with E-state index >= 15 is 0 Å². The van der Waals surface area contributed by atoms with E-state index in [-0.39, 0.29) is 5.91 Å². The Morgan fingerprint density at radius 1 is 1.11 bits per heavy atom. The first-order valence-electron chi connectivity index (χ1n) is 9.31. The van der Waals surface area contributed by atoms with Crippen molar-refractivity contribution in [2.45, 2.75) is 32.7 Å². The second-order valence-corrected chi connectivity index (χ2v) is 6.97. The lowest BCUT2D eigenvalue weighted by molar-refractivity contribution is 0.0954. The predicted molar refractivity (Wildman–Crippen MR) is 106 cm³/mol. The van der Waals surface area contributed by atoms with Crippen molar-refractivity contribution in [3.63, 3.8) is 0 Å². The normalized spacial score (nSPS) is 11.5. The van der Waals surface area contributed by atoms with Gasteiger partial charge in [-0.3, -0.25) is 9.20 Å². The Balaban J connectivity index is 1.42. The van der Waals surface area contributed by atoms with Crippen molar-refractivity contribution in [3.05, 3.63) is 66.2 Å². The summed E-state index contributed by atoms with van der Waals surface area (Å²) in [5.74, 6) is 0.882. The first-order valence-corrected chi connectivity index (χ1v) is 9.31. The van der Waals surface area contributed by atoms with Crippen molar-refractivity contribution in [3.8, 4) is 0 Å². The number of carbonyl (C=O) groups excluding carboxylic acids is 1. The number of amides is 1. The molecule has 0 saturated heterocycles. The molecule has 0 bridgehead atoms. The highest BCUT2D eigenvalue weighted by Gasteiger charge is 2.15. The molecule has 0 radical (unpaired) electrons. The number of benzene rings is 1. The van der Waals surface area contributed by atoms with Gasteiger partial charge in [-0.2, -0.15) is 0 Å². The van der Waals surface area contributed by atoms with Gasteiger partial charge in [-0.05, 0) is 38.5 Å². The molecule has 6 heteroatoms. The van der Waals surface area contributed by atoms with Gasteiger partial charge in [0.25, 0.3) is 5.91 Å². The fourth-order valence-corrected chi connectivity index (χ4v) is 3.42. The molecule has 138 valence electrons. The second-order valence-electron chi connectivity index (χ2n) is 6.97. The number of hydrogen-bond donors (Lipinski definition) is 1. The van der Waals surface area contributed by atoms with Gasteiger partial charge in [0.2, 0.25) is 0 Å². The van der Waals surface area contributed by atoms with Crippen LogP contribution < -0.4 is 5.32 Å². The van der Waals surface area contributed by atoms with E-state index in [1.807, 2.05) is 53.2 Å². The zero-order valence-electron chi connectivity index (χ0n) is 15.6. The van der Waals surface area contributed by atoms with Crippen LogP contribution in [0.3, 0.4) is 0 Å². The standard InChI is InChI=1S/C21H23N5O/c1-15(2)26-14-17(16-8-3-4-9-18(16)26)21(27)22-12-7-11-20-24-23-19-10-5-6-13-25(19)20/h3-6,8-10,13-15H,7,11-12H2,1-2H3,(H,22,27). The SMILES string of the molecule is CC(C)n1cc(C(=O)NCCCc2nnc3ccccn23)c2ccccc21. The van der Waals surface area contributed by atoms with Gasteiger partial charge in [-0.15, -0.1) is 10.2 Å². The minimum Gasteiger partial charge on any atom is -0.352 e. The Bertz CT molecular complexity index is 1090. The first kappa shape index (κ1) is 17.3. The molecule has 0 spiro atoms. The molecule has 1 N–H and O–H groups in total. The van der Waals surface area contributed by atoms with Crippen LogP contribution in [0.5, 0.6) is 0 Å². The third kappa shape index (κ3) is 3.30. The number of aromatic nitrogens is 4. The Morgan fingerprint density at radius 3 is 2.78 bits per heavy atom. The van der Waals surface area contributed by atoms with E-state index in [9.17, 15) is 4.79 Å². The number of pyridine rings is 1. The van der Waals surface area contributed by atoms with Crippen LogP contribution in [0.25, 0.3) is 16.6 Å². The molecule has 0 fully saturated rings. The summed E-state index contributed by atoms with van der Waals surface area (Å²) in [6.07, 6.45) is 5.49. The van der Waals surface area contributed by atoms with Crippen LogP contribution in [0.1, 0.15) is 42.5 Å². The van der Waals surface area contributed by atoms with E-state index < -0.39 is 0 Å². The van der Waals surface area contributed by atoms with Crippen molar-refractivity contribution >= 4 is 22.5 Å². The fourth-order valence-electron chi connectivity index (χ4n) is 3.42. The van der Waals surface area contributed by atoms with Crippen LogP contribution in [0.2, 0.25) is 0 Å².